The Balaban J connectivity index is 2.25. The minimum absolute atomic E-state index is 0.0317. The third-order valence-electron chi connectivity index (χ3n) is 2.65. The van der Waals surface area contributed by atoms with Crippen LogP contribution in [0.3, 0.4) is 0 Å². The molecule has 1 aliphatic heterocycles. The standard InChI is InChI=1S/C10H15FN4/c1-10(2)7-12-3-4-15(10)9-13-5-8(11)6-14-9/h5-6,12H,3-4,7H2,1-2H3. The van der Waals surface area contributed by atoms with E-state index in [1.165, 1.54) is 12.4 Å². The van der Waals surface area contributed by atoms with Crippen LogP contribution in [-0.4, -0.2) is 35.1 Å². The van der Waals surface area contributed by atoms with Crippen molar-refractivity contribution in [2.75, 3.05) is 24.5 Å². The van der Waals surface area contributed by atoms with Crippen molar-refractivity contribution in [1.29, 1.82) is 0 Å². The third-order valence-corrected chi connectivity index (χ3v) is 2.65. The molecule has 5 heteroatoms. The summed E-state index contributed by atoms with van der Waals surface area (Å²) >= 11 is 0. The van der Waals surface area contributed by atoms with Crippen molar-refractivity contribution in [3.63, 3.8) is 0 Å². The van der Waals surface area contributed by atoms with E-state index in [0.29, 0.717) is 5.95 Å². The van der Waals surface area contributed by atoms with Crippen LogP contribution in [0.4, 0.5) is 10.3 Å². The van der Waals surface area contributed by atoms with Crippen molar-refractivity contribution in [3.8, 4) is 0 Å². The van der Waals surface area contributed by atoms with Crippen LogP contribution in [-0.2, 0) is 0 Å². The quantitative estimate of drug-likeness (QED) is 0.744. The van der Waals surface area contributed by atoms with Crippen LogP contribution in [0.25, 0.3) is 0 Å². The summed E-state index contributed by atoms with van der Waals surface area (Å²) in [4.78, 5) is 10.1. The first-order valence-electron chi connectivity index (χ1n) is 5.05. The van der Waals surface area contributed by atoms with Crippen molar-refractivity contribution >= 4 is 5.95 Å². The molecule has 0 unspecified atom stereocenters. The number of halogens is 1. The fourth-order valence-electron chi connectivity index (χ4n) is 1.80. The van der Waals surface area contributed by atoms with E-state index in [9.17, 15) is 4.39 Å². The molecule has 4 nitrogen and oxygen atoms in total. The summed E-state index contributed by atoms with van der Waals surface area (Å²) in [6.45, 7) is 6.87. The minimum Gasteiger partial charge on any atom is -0.333 e. The van der Waals surface area contributed by atoms with E-state index in [0.717, 1.165) is 19.6 Å². The Kier molecular flexibility index (Phi) is 2.56. The van der Waals surface area contributed by atoms with Gasteiger partial charge in [0, 0.05) is 25.2 Å². The average Bonchev–Trinajstić information content (AvgIpc) is 2.19. The second-order valence-corrected chi connectivity index (χ2v) is 4.34. The van der Waals surface area contributed by atoms with E-state index in [1.54, 1.807) is 0 Å². The normalized spacial score (nSPS) is 20.3. The molecule has 0 radical (unpaired) electrons. The van der Waals surface area contributed by atoms with Gasteiger partial charge in [0.2, 0.25) is 5.95 Å². The summed E-state index contributed by atoms with van der Waals surface area (Å²) in [6.07, 6.45) is 2.42. The van der Waals surface area contributed by atoms with Crippen LogP contribution in [0, 0.1) is 5.82 Å². The molecule has 0 saturated carbocycles. The molecule has 1 aromatic rings. The smallest absolute Gasteiger partial charge is 0.225 e. The first-order valence-corrected chi connectivity index (χ1v) is 5.05. The molecule has 1 saturated heterocycles. The predicted octanol–water partition coefficient (Wildman–Crippen LogP) is 0.804. The molecule has 0 aromatic carbocycles. The summed E-state index contributed by atoms with van der Waals surface area (Å²) in [6, 6.07) is 0. The highest BCUT2D eigenvalue weighted by Gasteiger charge is 2.31. The minimum atomic E-state index is -0.397. The Morgan fingerprint density at radius 2 is 2.07 bits per heavy atom. The van der Waals surface area contributed by atoms with Crippen molar-refractivity contribution in [1.82, 2.24) is 15.3 Å². The molecule has 2 heterocycles. The van der Waals surface area contributed by atoms with E-state index in [4.69, 9.17) is 0 Å². The van der Waals surface area contributed by atoms with Crippen molar-refractivity contribution in [2.45, 2.75) is 19.4 Å². The van der Waals surface area contributed by atoms with Crippen molar-refractivity contribution in [2.24, 2.45) is 0 Å². The maximum atomic E-state index is 12.7. The van der Waals surface area contributed by atoms with Gasteiger partial charge in [-0.1, -0.05) is 0 Å². The molecular weight excluding hydrogens is 195 g/mol. The van der Waals surface area contributed by atoms with Crippen molar-refractivity contribution in [3.05, 3.63) is 18.2 Å². The largest absolute Gasteiger partial charge is 0.333 e. The maximum absolute atomic E-state index is 12.7. The van der Waals surface area contributed by atoms with E-state index in [1.807, 2.05) is 0 Å². The Bertz CT molecular complexity index is 336. The zero-order valence-electron chi connectivity index (χ0n) is 9.00. The molecule has 0 aliphatic carbocycles. The lowest BCUT2D eigenvalue weighted by atomic mass is 10.0. The first-order chi connectivity index (χ1) is 7.09. The molecule has 1 aliphatic rings. The molecule has 1 aromatic heterocycles. The topological polar surface area (TPSA) is 41.0 Å². The van der Waals surface area contributed by atoms with Gasteiger partial charge in [-0.15, -0.1) is 0 Å². The van der Waals surface area contributed by atoms with E-state index < -0.39 is 5.82 Å². The van der Waals surface area contributed by atoms with E-state index in [-0.39, 0.29) is 5.54 Å². The highest BCUT2D eigenvalue weighted by Crippen LogP contribution is 2.21. The zero-order chi connectivity index (χ0) is 10.9. The SMILES string of the molecule is CC1(C)CNCCN1c1ncc(F)cn1. The lowest BCUT2D eigenvalue weighted by Crippen LogP contribution is -2.58. The van der Waals surface area contributed by atoms with Gasteiger partial charge in [0.25, 0.3) is 0 Å². The summed E-state index contributed by atoms with van der Waals surface area (Å²) in [5.74, 6) is 0.203. The Labute approximate surface area is 88.5 Å². The summed E-state index contributed by atoms with van der Waals surface area (Å²) in [5.41, 5.74) is -0.0317. The van der Waals surface area contributed by atoms with Gasteiger partial charge in [0.15, 0.2) is 5.82 Å². The molecule has 0 atom stereocenters. The monoisotopic (exact) mass is 210 g/mol. The van der Waals surface area contributed by atoms with Crippen LogP contribution < -0.4 is 10.2 Å². The number of hydrogen-bond donors (Lipinski definition) is 1. The Morgan fingerprint density at radius 1 is 1.40 bits per heavy atom. The number of nitrogens with one attached hydrogen (secondary N) is 1. The van der Waals surface area contributed by atoms with Crippen LogP contribution >= 0.6 is 0 Å². The Morgan fingerprint density at radius 3 is 2.67 bits per heavy atom. The second-order valence-electron chi connectivity index (χ2n) is 4.34. The number of piperazine rings is 1. The highest BCUT2D eigenvalue weighted by atomic mass is 19.1. The van der Waals surface area contributed by atoms with Gasteiger partial charge in [0.1, 0.15) is 0 Å². The molecule has 2 rings (SSSR count). The number of rotatable bonds is 1. The second kappa shape index (κ2) is 3.73. The van der Waals surface area contributed by atoms with Crippen LogP contribution in [0.5, 0.6) is 0 Å². The molecule has 0 bridgehead atoms. The lowest BCUT2D eigenvalue weighted by Gasteiger charge is -2.42. The molecule has 1 N–H and O–H groups in total. The van der Waals surface area contributed by atoms with Gasteiger partial charge in [0.05, 0.1) is 12.4 Å². The van der Waals surface area contributed by atoms with Gasteiger partial charge in [-0.3, -0.25) is 0 Å². The summed E-state index contributed by atoms with van der Waals surface area (Å²) in [5, 5.41) is 3.31. The highest BCUT2D eigenvalue weighted by molar-refractivity contribution is 5.34. The van der Waals surface area contributed by atoms with Crippen LogP contribution in [0.15, 0.2) is 12.4 Å². The van der Waals surface area contributed by atoms with Crippen molar-refractivity contribution < 1.29 is 4.39 Å². The Hall–Kier alpha value is -1.23. The number of hydrogen-bond acceptors (Lipinski definition) is 4. The van der Waals surface area contributed by atoms with Crippen LogP contribution in [0.1, 0.15) is 13.8 Å². The van der Waals surface area contributed by atoms with E-state index >= 15 is 0 Å². The van der Waals surface area contributed by atoms with Crippen LogP contribution in [0.2, 0.25) is 0 Å². The summed E-state index contributed by atoms with van der Waals surface area (Å²) < 4.78 is 12.7. The summed E-state index contributed by atoms with van der Waals surface area (Å²) in [7, 11) is 0. The zero-order valence-corrected chi connectivity index (χ0v) is 9.00. The molecule has 0 amide bonds. The molecular formula is C10H15FN4. The van der Waals surface area contributed by atoms with Gasteiger partial charge in [-0.2, -0.15) is 0 Å². The lowest BCUT2D eigenvalue weighted by molar-refractivity contribution is 0.374. The number of aromatic nitrogens is 2. The van der Waals surface area contributed by atoms with Gasteiger partial charge in [-0.25, -0.2) is 14.4 Å². The molecule has 0 spiro atoms. The number of anilines is 1. The molecule has 82 valence electrons. The van der Waals surface area contributed by atoms with E-state index in [2.05, 4.69) is 34.0 Å². The average molecular weight is 210 g/mol. The first kappa shape index (κ1) is 10.3. The molecule has 15 heavy (non-hydrogen) atoms. The van der Waals surface area contributed by atoms with Gasteiger partial charge < -0.3 is 10.2 Å². The van der Waals surface area contributed by atoms with Gasteiger partial charge >= 0.3 is 0 Å². The fraction of sp³-hybridized carbons (Fsp3) is 0.600. The van der Waals surface area contributed by atoms with Gasteiger partial charge in [-0.05, 0) is 13.8 Å². The molecule has 1 fully saturated rings. The predicted molar refractivity (Wildman–Crippen MR) is 56.3 cm³/mol. The maximum Gasteiger partial charge on any atom is 0.225 e. The number of nitrogens with zero attached hydrogens (tertiary/aromatic N) is 3. The third kappa shape index (κ3) is 2.07. The fourth-order valence-corrected chi connectivity index (χ4v) is 1.80.